The molecular weight excluding hydrogens is 302 g/mol. The van der Waals surface area contributed by atoms with Crippen LogP contribution in [0.5, 0.6) is 0 Å². The van der Waals surface area contributed by atoms with Gasteiger partial charge in [-0.25, -0.2) is 4.98 Å². The Morgan fingerprint density at radius 3 is 2.52 bits per heavy atom. The van der Waals surface area contributed by atoms with E-state index < -0.39 is 0 Å². The molecule has 0 radical (unpaired) electrons. The Morgan fingerprint density at radius 1 is 1.00 bits per heavy atom. The Morgan fingerprint density at radius 2 is 1.76 bits per heavy atom. The number of nitrogens with zero attached hydrogens (tertiary/aromatic N) is 2. The average Bonchev–Trinajstić information content (AvgIpc) is 2.98. The van der Waals surface area contributed by atoms with Gasteiger partial charge >= 0.3 is 0 Å². The van der Waals surface area contributed by atoms with Gasteiger partial charge in [-0.2, -0.15) is 0 Å². The molecule has 0 saturated heterocycles. The lowest BCUT2D eigenvalue weighted by molar-refractivity contribution is 0.970. The third-order valence-electron chi connectivity index (χ3n) is 3.05. The van der Waals surface area contributed by atoms with Crippen molar-refractivity contribution in [3.8, 4) is 11.4 Å². The highest BCUT2D eigenvalue weighted by atomic mass is 35.5. The molecule has 5 heteroatoms. The third-order valence-corrected chi connectivity index (χ3v) is 4.15. The van der Waals surface area contributed by atoms with Crippen molar-refractivity contribution in [1.29, 1.82) is 0 Å². The summed E-state index contributed by atoms with van der Waals surface area (Å²) in [7, 11) is 0. The van der Waals surface area contributed by atoms with E-state index in [1.807, 2.05) is 30.3 Å². The largest absolute Gasteiger partial charge is 0.258 e. The lowest BCUT2D eigenvalue weighted by atomic mass is 10.2. The van der Waals surface area contributed by atoms with Gasteiger partial charge in [0.15, 0.2) is 5.82 Å². The Labute approximate surface area is 132 Å². The van der Waals surface area contributed by atoms with Crippen molar-refractivity contribution in [2.45, 2.75) is 11.6 Å². The monoisotopic (exact) mass is 315 g/mol. The fourth-order valence-electron chi connectivity index (χ4n) is 1.95. The van der Waals surface area contributed by atoms with Gasteiger partial charge in [0.2, 0.25) is 5.16 Å². The van der Waals surface area contributed by atoms with E-state index >= 15 is 0 Å². The highest BCUT2D eigenvalue weighted by molar-refractivity contribution is 7.99. The maximum absolute atomic E-state index is 5.88. The van der Waals surface area contributed by atoms with E-state index in [-0.39, 0.29) is 0 Å². The second kappa shape index (κ2) is 6.78. The minimum atomic E-state index is 0.718. The first-order valence-corrected chi connectivity index (χ1v) is 8.03. The summed E-state index contributed by atoms with van der Waals surface area (Å²) in [5.41, 5.74) is 2.32. The summed E-state index contributed by atoms with van der Waals surface area (Å²) < 4.78 is 0. The highest BCUT2D eigenvalue weighted by Gasteiger charge is 2.06. The molecule has 0 fully saturated rings. The molecule has 0 spiro atoms. The van der Waals surface area contributed by atoms with Crippen LogP contribution in [0.1, 0.15) is 5.56 Å². The van der Waals surface area contributed by atoms with E-state index in [2.05, 4.69) is 39.4 Å². The molecule has 1 heterocycles. The molecule has 1 aromatic heterocycles. The van der Waals surface area contributed by atoms with Gasteiger partial charge in [-0.15, -0.1) is 5.10 Å². The number of rotatable bonds is 5. The van der Waals surface area contributed by atoms with Crippen LogP contribution in [0, 0.1) is 0 Å². The first kappa shape index (κ1) is 14.2. The molecule has 0 aliphatic carbocycles. The first-order valence-electron chi connectivity index (χ1n) is 6.66. The van der Waals surface area contributed by atoms with E-state index in [0.717, 1.165) is 33.7 Å². The molecule has 0 unspecified atom stereocenters. The van der Waals surface area contributed by atoms with Crippen molar-refractivity contribution in [3.63, 3.8) is 0 Å². The molecular formula is C16H14ClN3S. The van der Waals surface area contributed by atoms with Crippen molar-refractivity contribution in [2.75, 3.05) is 5.75 Å². The maximum Gasteiger partial charge on any atom is 0.208 e. The van der Waals surface area contributed by atoms with E-state index in [9.17, 15) is 0 Å². The molecule has 0 aliphatic rings. The van der Waals surface area contributed by atoms with Crippen LogP contribution in [-0.2, 0) is 6.42 Å². The molecule has 0 amide bonds. The lowest BCUT2D eigenvalue weighted by Crippen LogP contribution is -1.88. The van der Waals surface area contributed by atoms with Crippen LogP contribution in [0.2, 0.25) is 5.02 Å². The Bertz CT molecular complexity index is 695. The molecule has 0 aliphatic heterocycles. The van der Waals surface area contributed by atoms with E-state index in [0.29, 0.717) is 0 Å². The van der Waals surface area contributed by atoms with E-state index in [4.69, 9.17) is 11.6 Å². The fraction of sp³-hybridized carbons (Fsp3) is 0.125. The van der Waals surface area contributed by atoms with Gasteiger partial charge in [-0.1, -0.05) is 53.7 Å². The zero-order valence-corrected chi connectivity index (χ0v) is 12.9. The fourth-order valence-corrected chi connectivity index (χ4v) is 2.87. The number of aryl methyl sites for hydroxylation is 1. The predicted molar refractivity (Wildman–Crippen MR) is 87.7 cm³/mol. The molecule has 0 bridgehead atoms. The van der Waals surface area contributed by atoms with E-state index in [1.54, 1.807) is 11.8 Å². The number of halogens is 1. The number of aromatic amines is 1. The van der Waals surface area contributed by atoms with Crippen LogP contribution >= 0.6 is 23.4 Å². The highest BCUT2D eigenvalue weighted by Crippen LogP contribution is 2.21. The molecule has 3 nitrogen and oxygen atoms in total. The number of H-pyrrole nitrogens is 1. The smallest absolute Gasteiger partial charge is 0.208 e. The van der Waals surface area contributed by atoms with Gasteiger partial charge in [0.1, 0.15) is 0 Å². The van der Waals surface area contributed by atoms with Crippen LogP contribution < -0.4 is 0 Å². The molecule has 3 aromatic rings. The normalized spacial score (nSPS) is 10.7. The summed E-state index contributed by atoms with van der Waals surface area (Å²) in [5, 5.41) is 8.70. The van der Waals surface area contributed by atoms with Crippen LogP contribution in [0.15, 0.2) is 59.8 Å². The minimum absolute atomic E-state index is 0.718. The van der Waals surface area contributed by atoms with Crippen LogP contribution in [0.25, 0.3) is 11.4 Å². The summed E-state index contributed by atoms with van der Waals surface area (Å²) in [5.74, 6) is 1.73. The number of aromatic nitrogens is 3. The van der Waals surface area contributed by atoms with Crippen molar-refractivity contribution in [3.05, 3.63) is 65.2 Å². The van der Waals surface area contributed by atoms with Crippen molar-refractivity contribution >= 4 is 23.4 Å². The second-order valence-corrected chi connectivity index (χ2v) is 6.06. The SMILES string of the molecule is Clc1ccc(-c2nc(SCCc3ccccc3)n[nH]2)cc1. The second-order valence-electron chi connectivity index (χ2n) is 4.56. The van der Waals surface area contributed by atoms with Crippen LogP contribution in [0.4, 0.5) is 0 Å². The van der Waals surface area contributed by atoms with Gasteiger partial charge < -0.3 is 0 Å². The Balaban J connectivity index is 1.59. The summed E-state index contributed by atoms with van der Waals surface area (Å²) >= 11 is 7.54. The molecule has 0 saturated carbocycles. The molecule has 106 valence electrons. The van der Waals surface area contributed by atoms with Crippen molar-refractivity contribution < 1.29 is 0 Å². The van der Waals surface area contributed by atoms with Gasteiger partial charge in [0.05, 0.1) is 0 Å². The number of hydrogen-bond acceptors (Lipinski definition) is 3. The summed E-state index contributed by atoms with van der Waals surface area (Å²) in [6, 6.07) is 18.0. The standard InChI is InChI=1S/C16H14ClN3S/c17-14-8-6-13(7-9-14)15-18-16(20-19-15)21-11-10-12-4-2-1-3-5-12/h1-9H,10-11H2,(H,18,19,20). The number of hydrogen-bond donors (Lipinski definition) is 1. The van der Waals surface area contributed by atoms with Gasteiger partial charge in [-0.05, 0) is 36.2 Å². The van der Waals surface area contributed by atoms with Crippen LogP contribution in [-0.4, -0.2) is 20.9 Å². The molecule has 21 heavy (non-hydrogen) atoms. The molecule has 2 aromatic carbocycles. The number of benzene rings is 2. The van der Waals surface area contributed by atoms with Crippen LogP contribution in [0.3, 0.4) is 0 Å². The Kier molecular flexibility index (Phi) is 4.58. The van der Waals surface area contributed by atoms with Gasteiger partial charge in [0.25, 0.3) is 0 Å². The van der Waals surface area contributed by atoms with Gasteiger partial charge in [0, 0.05) is 16.3 Å². The number of thioether (sulfide) groups is 1. The van der Waals surface area contributed by atoms with E-state index in [1.165, 1.54) is 5.56 Å². The summed E-state index contributed by atoms with van der Waals surface area (Å²) in [4.78, 5) is 4.49. The maximum atomic E-state index is 5.88. The summed E-state index contributed by atoms with van der Waals surface area (Å²) in [6.07, 6.45) is 1.01. The topological polar surface area (TPSA) is 41.6 Å². The number of nitrogens with one attached hydrogen (secondary N) is 1. The molecule has 1 N–H and O–H groups in total. The van der Waals surface area contributed by atoms with Gasteiger partial charge in [-0.3, -0.25) is 5.10 Å². The van der Waals surface area contributed by atoms with Crippen molar-refractivity contribution in [1.82, 2.24) is 15.2 Å². The lowest BCUT2D eigenvalue weighted by Gasteiger charge is -1.98. The first-order chi connectivity index (χ1) is 10.3. The molecule has 3 rings (SSSR count). The zero-order chi connectivity index (χ0) is 14.5. The third kappa shape index (κ3) is 3.86. The quantitative estimate of drug-likeness (QED) is 0.707. The minimum Gasteiger partial charge on any atom is -0.258 e. The summed E-state index contributed by atoms with van der Waals surface area (Å²) in [6.45, 7) is 0. The zero-order valence-electron chi connectivity index (χ0n) is 11.3. The average molecular weight is 316 g/mol. The Hall–Kier alpha value is -1.78. The molecule has 0 atom stereocenters. The van der Waals surface area contributed by atoms with Crippen molar-refractivity contribution in [2.24, 2.45) is 0 Å². The predicted octanol–water partition coefficient (Wildman–Crippen LogP) is 4.46.